The van der Waals surface area contributed by atoms with Crippen LogP contribution in [0.3, 0.4) is 0 Å². The number of para-hydroxylation sites is 1. The summed E-state index contributed by atoms with van der Waals surface area (Å²) in [6, 6.07) is 5.31. The van der Waals surface area contributed by atoms with Gasteiger partial charge in [0.25, 0.3) is 5.91 Å². The number of carbonyl (C=O) groups is 1. The monoisotopic (exact) mass is 270 g/mol. The van der Waals surface area contributed by atoms with Crippen molar-refractivity contribution in [3.05, 3.63) is 28.2 Å². The Bertz CT molecular complexity index is 383. The summed E-state index contributed by atoms with van der Waals surface area (Å²) in [6.07, 6.45) is 0. The topological polar surface area (TPSA) is 55.1 Å². The van der Waals surface area contributed by atoms with Gasteiger partial charge in [0.1, 0.15) is 0 Å². The highest BCUT2D eigenvalue weighted by Crippen LogP contribution is 2.23. The van der Waals surface area contributed by atoms with Crippen molar-refractivity contribution in [3.8, 4) is 0 Å². The van der Waals surface area contributed by atoms with E-state index in [-0.39, 0.29) is 11.4 Å². The smallest absolute Gasteiger partial charge is 0.253 e. The molecular formula is C11H15BrN2O. The van der Waals surface area contributed by atoms with Crippen LogP contribution in [0.15, 0.2) is 22.7 Å². The fraction of sp³-hybridized carbons (Fsp3) is 0.364. The largest absolute Gasteiger partial charge is 0.397 e. The predicted molar refractivity (Wildman–Crippen MR) is 65.8 cm³/mol. The number of rotatable bonds is 1. The number of nitrogens with two attached hydrogens (primary N) is 1. The summed E-state index contributed by atoms with van der Waals surface area (Å²) >= 11 is 3.29. The van der Waals surface area contributed by atoms with Crippen LogP contribution in [-0.2, 0) is 0 Å². The van der Waals surface area contributed by atoms with Gasteiger partial charge in [-0.1, -0.05) is 6.07 Å². The highest BCUT2D eigenvalue weighted by Gasteiger charge is 2.17. The molecule has 3 nitrogen and oxygen atoms in total. The minimum atomic E-state index is -0.258. The summed E-state index contributed by atoms with van der Waals surface area (Å²) in [6.45, 7) is 5.79. The Balaban J connectivity index is 2.97. The molecule has 1 rings (SSSR count). The molecule has 0 fully saturated rings. The first-order valence-electron chi connectivity index (χ1n) is 4.68. The van der Waals surface area contributed by atoms with Crippen LogP contribution < -0.4 is 11.1 Å². The molecule has 0 aromatic heterocycles. The van der Waals surface area contributed by atoms with Gasteiger partial charge >= 0.3 is 0 Å². The minimum absolute atomic E-state index is 0.152. The molecule has 1 aromatic rings. The van der Waals surface area contributed by atoms with Crippen molar-refractivity contribution in [2.24, 2.45) is 0 Å². The van der Waals surface area contributed by atoms with E-state index in [2.05, 4.69) is 21.2 Å². The van der Waals surface area contributed by atoms with Gasteiger partial charge in [-0.2, -0.15) is 0 Å². The number of benzene rings is 1. The third kappa shape index (κ3) is 3.23. The summed E-state index contributed by atoms with van der Waals surface area (Å²) in [4.78, 5) is 11.8. The maximum atomic E-state index is 11.8. The lowest BCUT2D eigenvalue weighted by Crippen LogP contribution is -2.40. The molecule has 0 heterocycles. The van der Waals surface area contributed by atoms with Crippen LogP contribution in [0, 0.1) is 0 Å². The van der Waals surface area contributed by atoms with Crippen molar-refractivity contribution < 1.29 is 4.79 Å². The lowest BCUT2D eigenvalue weighted by atomic mass is 10.1. The van der Waals surface area contributed by atoms with E-state index in [1.165, 1.54) is 0 Å². The normalized spacial score (nSPS) is 11.2. The van der Waals surface area contributed by atoms with E-state index in [9.17, 15) is 4.79 Å². The molecular weight excluding hydrogens is 256 g/mol. The molecule has 0 saturated carbocycles. The zero-order valence-electron chi connectivity index (χ0n) is 9.10. The average Bonchev–Trinajstić information content (AvgIpc) is 2.06. The standard InChI is InChI=1S/C11H15BrN2O/c1-11(2,3)14-10(15)7-5-4-6-8(12)9(7)13/h4-6H,13H2,1-3H3,(H,14,15). The molecule has 0 atom stereocenters. The van der Waals surface area contributed by atoms with Gasteiger partial charge in [0.2, 0.25) is 0 Å². The van der Waals surface area contributed by atoms with Crippen LogP contribution in [0.4, 0.5) is 5.69 Å². The minimum Gasteiger partial charge on any atom is -0.397 e. The number of nitrogens with one attached hydrogen (secondary N) is 1. The molecule has 0 spiro atoms. The van der Waals surface area contributed by atoms with Crippen molar-refractivity contribution in [2.75, 3.05) is 5.73 Å². The van der Waals surface area contributed by atoms with Crippen LogP contribution in [0.2, 0.25) is 0 Å². The number of anilines is 1. The Morgan fingerprint density at radius 2 is 2.00 bits per heavy atom. The van der Waals surface area contributed by atoms with Gasteiger partial charge in [-0.05, 0) is 48.8 Å². The van der Waals surface area contributed by atoms with Gasteiger partial charge in [0.05, 0.1) is 11.3 Å². The second kappa shape index (κ2) is 4.23. The molecule has 3 N–H and O–H groups in total. The molecule has 1 aromatic carbocycles. The molecule has 0 bridgehead atoms. The molecule has 15 heavy (non-hydrogen) atoms. The van der Waals surface area contributed by atoms with E-state index in [1.54, 1.807) is 12.1 Å². The van der Waals surface area contributed by atoms with Crippen molar-refractivity contribution in [2.45, 2.75) is 26.3 Å². The molecule has 4 heteroatoms. The first kappa shape index (κ1) is 12.0. The fourth-order valence-corrected chi connectivity index (χ4v) is 1.51. The zero-order chi connectivity index (χ0) is 11.6. The van der Waals surface area contributed by atoms with E-state index in [4.69, 9.17) is 5.73 Å². The summed E-state index contributed by atoms with van der Waals surface area (Å²) < 4.78 is 0.740. The Morgan fingerprint density at radius 1 is 1.40 bits per heavy atom. The summed E-state index contributed by atoms with van der Waals surface area (Å²) in [7, 11) is 0. The number of carbonyl (C=O) groups excluding carboxylic acids is 1. The third-order valence-corrected chi connectivity index (χ3v) is 2.48. The lowest BCUT2D eigenvalue weighted by Gasteiger charge is -2.21. The molecule has 0 aliphatic heterocycles. The highest BCUT2D eigenvalue weighted by molar-refractivity contribution is 9.10. The van der Waals surface area contributed by atoms with Gasteiger partial charge in [0, 0.05) is 10.0 Å². The van der Waals surface area contributed by atoms with Gasteiger partial charge in [-0.3, -0.25) is 4.79 Å². The first-order valence-corrected chi connectivity index (χ1v) is 5.47. The number of hydrogen-bond acceptors (Lipinski definition) is 2. The van der Waals surface area contributed by atoms with Crippen LogP contribution in [0.1, 0.15) is 31.1 Å². The van der Waals surface area contributed by atoms with Crippen LogP contribution in [-0.4, -0.2) is 11.4 Å². The molecule has 0 aliphatic carbocycles. The second-order valence-corrected chi connectivity index (χ2v) is 5.26. The number of halogens is 1. The quantitative estimate of drug-likeness (QED) is 0.771. The average molecular weight is 271 g/mol. The lowest BCUT2D eigenvalue weighted by molar-refractivity contribution is 0.0920. The van der Waals surface area contributed by atoms with Gasteiger partial charge in [0.15, 0.2) is 0 Å². The summed E-state index contributed by atoms with van der Waals surface area (Å²) in [5, 5.41) is 2.86. The van der Waals surface area contributed by atoms with Crippen LogP contribution in [0.5, 0.6) is 0 Å². The Kier molecular flexibility index (Phi) is 3.39. The molecule has 82 valence electrons. The summed E-state index contributed by atoms with van der Waals surface area (Å²) in [5.41, 5.74) is 6.51. The van der Waals surface area contributed by atoms with E-state index in [0.717, 1.165) is 4.47 Å². The van der Waals surface area contributed by atoms with Gasteiger partial charge < -0.3 is 11.1 Å². The Morgan fingerprint density at radius 3 is 2.53 bits per heavy atom. The van der Waals surface area contributed by atoms with E-state index < -0.39 is 0 Å². The molecule has 0 unspecified atom stereocenters. The number of amides is 1. The fourth-order valence-electron chi connectivity index (χ4n) is 1.14. The van der Waals surface area contributed by atoms with Crippen molar-refractivity contribution in [3.63, 3.8) is 0 Å². The molecule has 0 saturated heterocycles. The van der Waals surface area contributed by atoms with Crippen LogP contribution >= 0.6 is 15.9 Å². The van der Waals surface area contributed by atoms with Crippen LogP contribution in [0.25, 0.3) is 0 Å². The predicted octanol–water partition coefficient (Wildman–Crippen LogP) is 2.56. The maximum Gasteiger partial charge on any atom is 0.253 e. The Hall–Kier alpha value is -1.03. The maximum absolute atomic E-state index is 11.8. The Labute approximate surface area is 98.2 Å². The van der Waals surface area contributed by atoms with Gasteiger partial charge in [-0.15, -0.1) is 0 Å². The summed E-state index contributed by atoms with van der Waals surface area (Å²) in [5.74, 6) is -0.152. The van der Waals surface area contributed by atoms with E-state index in [0.29, 0.717) is 11.3 Å². The molecule has 1 amide bonds. The molecule has 0 aliphatic rings. The van der Waals surface area contributed by atoms with E-state index >= 15 is 0 Å². The van der Waals surface area contributed by atoms with Crippen molar-refractivity contribution >= 4 is 27.5 Å². The van der Waals surface area contributed by atoms with Crippen molar-refractivity contribution in [1.82, 2.24) is 5.32 Å². The zero-order valence-corrected chi connectivity index (χ0v) is 10.7. The van der Waals surface area contributed by atoms with Crippen molar-refractivity contribution in [1.29, 1.82) is 0 Å². The number of hydrogen-bond donors (Lipinski definition) is 2. The van der Waals surface area contributed by atoms with E-state index in [1.807, 2.05) is 26.8 Å². The highest BCUT2D eigenvalue weighted by atomic mass is 79.9. The van der Waals surface area contributed by atoms with Gasteiger partial charge in [-0.25, -0.2) is 0 Å². The second-order valence-electron chi connectivity index (χ2n) is 4.41. The third-order valence-electron chi connectivity index (χ3n) is 1.79. The molecule has 0 radical (unpaired) electrons. The SMILES string of the molecule is CC(C)(C)NC(=O)c1cccc(Br)c1N. The number of nitrogen functional groups attached to an aromatic ring is 1. The first-order chi connectivity index (χ1) is 6.81.